The Bertz CT molecular complexity index is 516. The zero-order valence-electron chi connectivity index (χ0n) is 9.50. The van der Waals surface area contributed by atoms with Crippen molar-refractivity contribution >= 4 is 11.5 Å². The van der Waals surface area contributed by atoms with Gasteiger partial charge in [0.2, 0.25) is 0 Å². The first-order chi connectivity index (χ1) is 8.33. The molecule has 1 aliphatic carbocycles. The molecular formula is C10H15N7. The number of anilines is 1. The summed E-state index contributed by atoms with van der Waals surface area (Å²) >= 11 is 0. The second-order valence-corrected chi connectivity index (χ2v) is 4.63. The molecule has 2 heterocycles. The Balaban J connectivity index is 1.75. The molecule has 7 heteroatoms. The quantitative estimate of drug-likeness (QED) is 0.758. The molecule has 3 rings (SSSR count). The normalized spacial score (nSPS) is 17.2. The lowest BCUT2D eigenvalue weighted by molar-refractivity contribution is 0.499. The number of tetrazole rings is 1. The van der Waals surface area contributed by atoms with E-state index in [4.69, 9.17) is 5.73 Å². The summed E-state index contributed by atoms with van der Waals surface area (Å²) in [7, 11) is 0. The molecule has 0 aromatic carbocycles. The summed E-state index contributed by atoms with van der Waals surface area (Å²) in [4.78, 5) is 4.10. The van der Waals surface area contributed by atoms with Gasteiger partial charge in [0.15, 0.2) is 5.65 Å². The third-order valence-electron chi connectivity index (χ3n) is 3.38. The molecule has 1 saturated carbocycles. The molecular weight excluding hydrogens is 218 g/mol. The Morgan fingerprint density at radius 2 is 2.29 bits per heavy atom. The molecule has 90 valence electrons. The average Bonchev–Trinajstić information content (AvgIpc) is 2.92. The lowest BCUT2D eigenvalue weighted by Crippen LogP contribution is -2.20. The molecule has 17 heavy (non-hydrogen) atoms. The molecule has 7 nitrogen and oxygen atoms in total. The van der Waals surface area contributed by atoms with Gasteiger partial charge in [-0.25, -0.2) is 0 Å². The number of nitrogens with zero attached hydrogens (tertiary/aromatic N) is 5. The predicted molar refractivity (Wildman–Crippen MR) is 62.4 cm³/mol. The fourth-order valence-electron chi connectivity index (χ4n) is 2.07. The number of hydrogen-bond donors (Lipinski definition) is 2. The first kappa shape index (κ1) is 10.4. The van der Waals surface area contributed by atoms with Crippen molar-refractivity contribution in [2.45, 2.75) is 19.3 Å². The number of fused-ring (bicyclic) bond motifs is 1. The Morgan fingerprint density at radius 3 is 3.06 bits per heavy atom. The maximum atomic E-state index is 5.62. The summed E-state index contributed by atoms with van der Waals surface area (Å²) < 4.78 is 1.66. The van der Waals surface area contributed by atoms with Crippen LogP contribution in [0.4, 0.5) is 5.82 Å². The van der Waals surface area contributed by atoms with Crippen LogP contribution in [0.25, 0.3) is 5.65 Å². The van der Waals surface area contributed by atoms with Gasteiger partial charge in [-0.3, -0.25) is 4.98 Å². The van der Waals surface area contributed by atoms with Crippen LogP contribution in [0.2, 0.25) is 0 Å². The molecule has 3 N–H and O–H groups in total. The van der Waals surface area contributed by atoms with E-state index in [2.05, 4.69) is 25.8 Å². The first-order valence-corrected chi connectivity index (χ1v) is 5.79. The van der Waals surface area contributed by atoms with Crippen LogP contribution in [0.1, 0.15) is 19.3 Å². The van der Waals surface area contributed by atoms with E-state index >= 15 is 0 Å². The highest BCUT2D eigenvalue weighted by atomic mass is 15.5. The van der Waals surface area contributed by atoms with E-state index in [1.807, 2.05) is 0 Å². The summed E-state index contributed by atoms with van der Waals surface area (Å²) in [5, 5.41) is 14.8. The summed E-state index contributed by atoms with van der Waals surface area (Å²) in [6.07, 6.45) is 6.94. The van der Waals surface area contributed by atoms with Gasteiger partial charge in [-0.1, -0.05) is 0 Å². The maximum absolute atomic E-state index is 5.62. The van der Waals surface area contributed by atoms with Gasteiger partial charge >= 0.3 is 0 Å². The number of aromatic nitrogens is 5. The molecule has 1 fully saturated rings. The van der Waals surface area contributed by atoms with E-state index in [-0.39, 0.29) is 0 Å². The summed E-state index contributed by atoms with van der Waals surface area (Å²) in [5.74, 6) is 0.829. The second kappa shape index (κ2) is 3.92. The molecule has 2 aromatic rings. The summed E-state index contributed by atoms with van der Waals surface area (Å²) in [5.41, 5.74) is 6.65. The Kier molecular flexibility index (Phi) is 2.40. The van der Waals surface area contributed by atoms with Crippen LogP contribution in [0, 0.1) is 5.41 Å². The van der Waals surface area contributed by atoms with Crippen molar-refractivity contribution < 1.29 is 0 Å². The minimum absolute atomic E-state index is 0.380. The van der Waals surface area contributed by atoms with Gasteiger partial charge in [0, 0.05) is 6.54 Å². The van der Waals surface area contributed by atoms with Gasteiger partial charge in [-0.05, 0) is 41.6 Å². The van der Waals surface area contributed by atoms with Crippen LogP contribution in [0.5, 0.6) is 0 Å². The maximum Gasteiger partial charge on any atom is 0.199 e. The number of hydrogen-bond acceptors (Lipinski definition) is 6. The molecule has 0 saturated heterocycles. The minimum Gasteiger partial charge on any atom is -0.368 e. The van der Waals surface area contributed by atoms with E-state index < -0.39 is 0 Å². The molecule has 0 bridgehead atoms. The molecule has 1 aliphatic rings. The Labute approximate surface area is 98.4 Å². The predicted octanol–water partition coefficient (Wildman–Crippen LogP) is 0.0602. The highest BCUT2D eigenvalue weighted by Crippen LogP contribution is 2.48. The van der Waals surface area contributed by atoms with Crippen molar-refractivity contribution in [1.29, 1.82) is 0 Å². The molecule has 2 aromatic heterocycles. The fourth-order valence-corrected chi connectivity index (χ4v) is 2.07. The second-order valence-electron chi connectivity index (χ2n) is 4.63. The number of rotatable bonds is 5. The SMILES string of the molecule is NCCC1(CNc2cncc3nnnn23)CC1. The third-order valence-corrected chi connectivity index (χ3v) is 3.38. The van der Waals surface area contributed by atoms with Crippen molar-refractivity contribution in [1.82, 2.24) is 25.0 Å². The van der Waals surface area contributed by atoms with Crippen molar-refractivity contribution in [3.8, 4) is 0 Å². The third kappa shape index (κ3) is 1.93. The topological polar surface area (TPSA) is 94.0 Å². The van der Waals surface area contributed by atoms with Gasteiger partial charge in [-0.2, -0.15) is 4.52 Å². The molecule has 0 unspecified atom stereocenters. The van der Waals surface area contributed by atoms with E-state index in [1.165, 1.54) is 12.8 Å². The van der Waals surface area contributed by atoms with Crippen molar-refractivity contribution in [3.05, 3.63) is 12.4 Å². The lowest BCUT2D eigenvalue weighted by Gasteiger charge is -2.15. The zero-order valence-corrected chi connectivity index (χ0v) is 9.50. The van der Waals surface area contributed by atoms with Gasteiger partial charge in [-0.15, -0.1) is 5.10 Å². The van der Waals surface area contributed by atoms with E-state index in [9.17, 15) is 0 Å². The van der Waals surface area contributed by atoms with Gasteiger partial charge in [0.05, 0.1) is 12.4 Å². The molecule has 0 spiro atoms. The van der Waals surface area contributed by atoms with Crippen LogP contribution in [-0.4, -0.2) is 38.1 Å². The van der Waals surface area contributed by atoms with E-state index in [0.717, 1.165) is 25.3 Å². The van der Waals surface area contributed by atoms with Gasteiger partial charge < -0.3 is 11.1 Å². The number of nitrogens with two attached hydrogens (primary N) is 1. The lowest BCUT2D eigenvalue weighted by atomic mass is 10.0. The minimum atomic E-state index is 0.380. The van der Waals surface area contributed by atoms with Crippen LogP contribution in [-0.2, 0) is 0 Å². The highest BCUT2D eigenvalue weighted by Gasteiger charge is 2.41. The average molecular weight is 233 g/mol. The van der Waals surface area contributed by atoms with Crippen LogP contribution < -0.4 is 11.1 Å². The molecule has 0 atom stereocenters. The van der Waals surface area contributed by atoms with Crippen LogP contribution in [0.3, 0.4) is 0 Å². The highest BCUT2D eigenvalue weighted by molar-refractivity contribution is 5.43. The zero-order chi connectivity index (χ0) is 11.7. The van der Waals surface area contributed by atoms with Crippen molar-refractivity contribution in [2.24, 2.45) is 11.1 Å². The fraction of sp³-hybridized carbons (Fsp3) is 0.600. The molecule has 0 radical (unpaired) electrons. The monoisotopic (exact) mass is 233 g/mol. The van der Waals surface area contributed by atoms with Crippen LogP contribution in [0.15, 0.2) is 12.4 Å². The van der Waals surface area contributed by atoms with Gasteiger partial charge in [0.1, 0.15) is 5.82 Å². The van der Waals surface area contributed by atoms with Crippen molar-refractivity contribution in [2.75, 3.05) is 18.4 Å². The van der Waals surface area contributed by atoms with E-state index in [1.54, 1.807) is 16.9 Å². The van der Waals surface area contributed by atoms with Gasteiger partial charge in [0.25, 0.3) is 0 Å². The summed E-state index contributed by atoms with van der Waals surface area (Å²) in [6, 6.07) is 0. The smallest absolute Gasteiger partial charge is 0.199 e. The number of nitrogens with one attached hydrogen (secondary N) is 1. The molecule has 0 amide bonds. The summed E-state index contributed by atoms with van der Waals surface area (Å²) in [6.45, 7) is 1.65. The Morgan fingerprint density at radius 1 is 1.41 bits per heavy atom. The van der Waals surface area contributed by atoms with Crippen LogP contribution >= 0.6 is 0 Å². The molecule has 0 aliphatic heterocycles. The Hall–Kier alpha value is -1.76. The first-order valence-electron chi connectivity index (χ1n) is 5.79. The largest absolute Gasteiger partial charge is 0.368 e. The standard InChI is InChI=1S/C10H15N7/c11-4-3-10(1-2-10)7-13-8-5-12-6-9-14-15-16-17(8)9/h5-6,13H,1-4,7,11H2. The van der Waals surface area contributed by atoms with E-state index in [0.29, 0.717) is 11.1 Å². The van der Waals surface area contributed by atoms with Crippen molar-refractivity contribution in [3.63, 3.8) is 0 Å².